The highest BCUT2D eigenvalue weighted by Crippen LogP contribution is 2.20. The third-order valence-corrected chi connectivity index (χ3v) is 5.02. The highest BCUT2D eigenvalue weighted by molar-refractivity contribution is 7.88. The summed E-state index contributed by atoms with van der Waals surface area (Å²) >= 11 is 0. The van der Waals surface area contributed by atoms with Gasteiger partial charge >= 0.3 is 0 Å². The first kappa shape index (κ1) is 12.6. The van der Waals surface area contributed by atoms with Crippen LogP contribution in [-0.2, 0) is 15.8 Å². The van der Waals surface area contributed by atoms with E-state index in [1.807, 2.05) is 30.3 Å². The van der Waals surface area contributed by atoms with Gasteiger partial charge < -0.3 is 0 Å². The van der Waals surface area contributed by atoms with E-state index in [2.05, 4.69) is 6.92 Å². The van der Waals surface area contributed by atoms with Crippen molar-refractivity contribution in [3.63, 3.8) is 0 Å². The molecule has 2 rings (SSSR count). The molecule has 0 bridgehead atoms. The fraction of sp³-hybridized carbons (Fsp3) is 0.538. The Balaban J connectivity index is 2.08. The van der Waals surface area contributed by atoms with Gasteiger partial charge in [-0.1, -0.05) is 37.3 Å². The second kappa shape index (κ2) is 5.19. The van der Waals surface area contributed by atoms with Crippen molar-refractivity contribution in [2.75, 3.05) is 13.1 Å². The summed E-state index contributed by atoms with van der Waals surface area (Å²) in [6.07, 6.45) is 2.12. The highest BCUT2D eigenvalue weighted by atomic mass is 32.2. The van der Waals surface area contributed by atoms with Crippen molar-refractivity contribution in [1.29, 1.82) is 0 Å². The smallest absolute Gasteiger partial charge is 0.212 e. The van der Waals surface area contributed by atoms with Crippen LogP contribution in [-0.4, -0.2) is 25.8 Å². The normalized spacial score (nSPS) is 22.5. The summed E-state index contributed by atoms with van der Waals surface area (Å²) in [5.74, 6) is 0.606. The molecule has 1 aromatic carbocycles. The number of hydrogen-bond donors (Lipinski definition) is 0. The van der Waals surface area contributed by atoms with Gasteiger partial charge in [0.25, 0.3) is 0 Å². The molecular weight excluding hydrogens is 234 g/mol. The molecule has 0 saturated carbocycles. The van der Waals surface area contributed by atoms with E-state index in [-0.39, 0.29) is 5.75 Å². The van der Waals surface area contributed by atoms with Crippen LogP contribution in [0.3, 0.4) is 0 Å². The Labute approximate surface area is 104 Å². The number of sulfonamides is 1. The van der Waals surface area contributed by atoms with E-state index < -0.39 is 10.0 Å². The zero-order chi connectivity index (χ0) is 12.3. The summed E-state index contributed by atoms with van der Waals surface area (Å²) in [6, 6.07) is 9.39. The van der Waals surface area contributed by atoms with Crippen molar-refractivity contribution in [3.8, 4) is 0 Å². The number of benzene rings is 1. The quantitative estimate of drug-likeness (QED) is 0.828. The van der Waals surface area contributed by atoms with Crippen LogP contribution in [0.2, 0.25) is 0 Å². The number of piperidine rings is 1. The maximum Gasteiger partial charge on any atom is 0.218 e. The molecular formula is C13H19NO2S. The van der Waals surface area contributed by atoms with Gasteiger partial charge in [-0.15, -0.1) is 0 Å². The average molecular weight is 253 g/mol. The van der Waals surface area contributed by atoms with E-state index in [4.69, 9.17) is 0 Å². The lowest BCUT2D eigenvalue weighted by Crippen LogP contribution is -2.39. The monoisotopic (exact) mass is 253 g/mol. The minimum absolute atomic E-state index is 0.126. The molecule has 3 nitrogen and oxygen atoms in total. The van der Waals surface area contributed by atoms with Crippen LogP contribution in [0, 0.1) is 5.92 Å². The third kappa shape index (κ3) is 3.30. The van der Waals surface area contributed by atoms with E-state index in [0.29, 0.717) is 19.0 Å². The fourth-order valence-corrected chi connectivity index (χ4v) is 3.96. The molecule has 1 atom stereocenters. The van der Waals surface area contributed by atoms with Crippen LogP contribution in [0.15, 0.2) is 30.3 Å². The molecule has 1 fully saturated rings. The lowest BCUT2D eigenvalue weighted by molar-refractivity contribution is 0.281. The molecule has 0 N–H and O–H groups in total. The maximum atomic E-state index is 12.2. The lowest BCUT2D eigenvalue weighted by atomic mass is 10.0. The van der Waals surface area contributed by atoms with Crippen molar-refractivity contribution in [3.05, 3.63) is 35.9 Å². The molecule has 4 heteroatoms. The second-order valence-corrected chi connectivity index (χ2v) is 6.82. The van der Waals surface area contributed by atoms with E-state index >= 15 is 0 Å². The third-order valence-electron chi connectivity index (χ3n) is 3.21. The molecule has 94 valence electrons. The van der Waals surface area contributed by atoms with Crippen LogP contribution < -0.4 is 0 Å². The molecule has 0 spiro atoms. The second-order valence-electron chi connectivity index (χ2n) is 4.85. The Morgan fingerprint density at radius 3 is 2.65 bits per heavy atom. The first-order chi connectivity index (χ1) is 8.08. The van der Waals surface area contributed by atoms with E-state index in [1.54, 1.807) is 4.31 Å². The summed E-state index contributed by atoms with van der Waals surface area (Å²) in [7, 11) is -3.14. The van der Waals surface area contributed by atoms with Gasteiger partial charge in [0.05, 0.1) is 5.75 Å². The first-order valence-corrected chi connectivity index (χ1v) is 7.70. The number of nitrogens with zero attached hydrogens (tertiary/aromatic N) is 1. The van der Waals surface area contributed by atoms with Gasteiger partial charge in [-0.25, -0.2) is 12.7 Å². The van der Waals surface area contributed by atoms with Gasteiger partial charge in [0.2, 0.25) is 10.0 Å². The Kier molecular flexibility index (Phi) is 3.84. The molecule has 1 saturated heterocycles. The SMILES string of the molecule is C[C@H]1CCCN(S(=O)(=O)Cc2ccccc2)C1. The Hall–Kier alpha value is -0.870. The topological polar surface area (TPSA) is 37.4 Å². The molecule has 0 aromatic heterocycles. The zero-order valence-corrected chi connectivity index (χ0v) is 11.0. The van der Waals surface area contributed by atoms with E-state index in [0.717, 1.165) is 18.4 Å². The maximum absolute atomic E-state index is 12.2. The van der Waals surface area contributed by atoms with Crippen LogP contribution >= 0.6 is 0 Å². The van der Waals surface area contributed by atoms with Crippen LogP contribution in [0.25, 0.3) is 0 Å². The van der Waals surface area contributed by atoms with Crippen LogP contribution in [0.4, 0.5) is 0 Å². The summed E-state index contributed by atoms with van der Waals surface area (Å²) in [5, 5.41) is 0. The predicted octanol–water partition coefficient (Wildman–Crippen LogP) is 2.25. The molecule has 1 heterocycles. The number of rotatable bonds is 3. The Bertz CT molecular complexity index is 456. The Morgan fingerprint density at radius 1 is 1.29 bits per heavy atom. The van der Waals surface area contributed by atoms with Crippen LogP contribution in [0.1, 0.15) is 25.3 Å². The van der Waals surface area contributed by atoms with E-state index in [9.17, 15) is 8.42 Å². The average Bonchev–Trinajstić information content (AvgIpc) is 2.30. The molecule has 0 aliphatic carbocycles. The van der Waals surface area contributed by atoms with Gasteiger partial charge in [-0.05, 0) is 24.3 Å². The van der Waals surface area contributed by atoms with Gasteiger partial charge in [0.15, 0.2) is 0 Å². The molecule has 17 heavy (non-hydrogen) atoms. The van der Waals surface area contributed by atoms with Crippen LogP contribution in [0.5, 0.6) is 0 Å². The standard InChI is InChI=1S/C13H19NO2S/c1-12-6-5-9-14(10-12)17(15,16)11-13-7-3-2-4-8-13/h2-4,7-8,12H,5-6,9-11H2,1H3/t12-/m0/s1. The summed E-state index contributed by atoms with van der Waals surface area (Å²) in [6.45, 7) is 3.47. The lowest BCUT2D eigenvalue weighted by Gasteiger charge is -2.30. The van der Waals surface area contributed by atoms with E-state index in [1.165, 1.54) is 0 Å². The van der Waals surface area contributed by atoms with Crippen molar-refractivity contribution in [1.82, 2.24) is 4.31 Å². The Morgan fingerprint density at radius 2 is 2.00 bits per heavy atom. The van der Waals surface area contributed by atoms with Gasteiger partial charge in [0.1, 0.15) is 0 Å². The summed E-state index contributed by atoms with van der Waals surface area (Å²) in [5.41, 5.74) is 0.866. The minimum atomic E-state index is -3.14. The van der Waals surface area contributed by atoms with Crippen molar-refractivity contribution in [2.45, 2.75) is 25.5 Å². The van der Waals surface area contributed by atoms with Gasteiger partial charge in [-0.3, -0.25) is 0 Å². The highest BCUT2D eigenvalue weighted by Gasteiger charge is 2.26. The molecule has 1 aromatic rings. The first-order valence-electron chi connectivity index (χ1n) is 6.10. The molecule has 0 amide bonds. The van der Waals surface area contributed by atoms with Crippen molar-refractivity contribution >= 4 is 10.0 Å². The molecule has 1 aliphatic heterocycles. The summed E-state index contributed by atoms with van der Waals surface area (Å²) < 4.78 is 26.1. The van der Waals surface area contributed by atoms with Gasteiger partial charge in [-0.2, -0.15) is 0 Å². The molecule has 0 radical (unpaired) electrons. The number of hydrogen-bond acceptors (Lipinski definition) is 2. The fourth-order valence-electron chi connectivity index (χ4n) is 2.28. The zero-order valence-electron chi connectivity index (χ0n) is 10.2. The van der Waals surface area contributed by atoms with Gasteiger partial charge in [0, 0.05) is 13.1 Å². The van der Waals surface area contributed by atoms with Crippen molar-refractivity contribution < 1.29 is 8.42 Å². The molecule has 1 aliphatic rings. The summed E-state index contributed by atoms with van der Waals surface area (Å²) in [4.78, 5) is 0. The van der Waals surface area contributed by atoms with Crippen molar-refractivity contribution in [2.24, 2.45) is 5.92 Å². The predicted molar refractivity (Wildman–Crippen MR) is 69.0 cm³/mol. The largest absolute Gasteiger partial charge is 0.218 e. The molecule has 0 unspecified atom stereocenters. The minimum Gasteiger partial charge on any atom is -0.212 e.